The number of allylic oxidation sites excluding steroid dienone is 1. The Balaban J connectivity index is 2.03. The lowest BCUT2D eigenvalue weighted by atomic mass is 9.88. The van der Waals surface area contributed by atoms with Crippen molar-refractivity contribution in [2.75, 3.05) is 6.61 Å². The van der Waals surface area contributed by atoms with Crippen LogP contribution in [0.1, 0.15) is 61.6 Å². The van der Waals surface area contributed by atoms with E-state index < -0.39 is 54.4 Å². The second kappa shape index (κ2) is 14.1. The summed E-state index contributed by atoms with van der Waals surface area (Å²) in [5.74, 6) is -2.55. The maximum atomic E-state index is 12.2. The van der Waals surface area contributed by atoms with Gasteiger partial charge in [0.2, 0.25) is 0 Å². The molecule has 1 aliphatic heterocycles. The van der Waals surface area contributed by atoms with Crippen LogP contribution in [0.2, 0.25) is 6.32 Å². The van der Waals surface area contributed by atoms with Gasteiger partial charge >= 0.3 is 23.9 Å². The Bertz CT molecular complexity index is 1290. The van der Waals surface area contributed by atoms with Gasteiger partial charge in [-0.1, -0.05) is 60.9 Å². The third kappa shape index (κ3) is 8.53. The molecule has 0 unspecified atom stereocenters. The zero-order valence-corrected chi connectivity index (χ0v) is 24.4. The molecule has 0 bridgehead atoms. The molecule has 0 N–H and O–H groups in total. The van der Waals surface area contributed by atoms with Crippen molar-refractivity contribution in [2.24, 2.45) is 0 Å². The first-order chi connectivity index (χ1) is 19.4. The van der Waals surface area contributed by atoms with E-state index in [0.717, 1.165) is 34.1 Å². The van der Waals surface area contributed by atoms with E-state index in [0.29, 0.717) is 12.0 Å². The molecule has 0 amide bonds. The van der Waals surface area contributed by atoms with E-state index >= 15 is 0 Å². The van der Waals surface area contributed by atoms with E-state index in [4.69, 9.17) is 23.7 Å². The SMILES string of the molecule is BCC(=C)c1ccc(Cc2cc([C@@H]3O[C@H](COC(C)=O)[C@@H](OC(C)=O)[C@H](OC(C)=O)[C@H]3OC(C)=O)ccc2C)cc1. The van der Waals surface area contributed by atoms with Crippen molar-refractivity contribution in [1.82, 2.24) is 0 Å². The first-order valence-electron chi connectivity index (χ1n) is 13.6. The molecule has 0 radical (unpaired) electrons. The highest BCUT2D eigenvalue weighted by Crippen LogP contribution is 2.38. The van der Waals surface area contributed by atoms with Crippen LogP contribution in [0.5, 0.6) is 0 Å². The second-order valence-electron chi connectivity index (χ2n) is 10.1. The summed E-state index contributed by atoms with van der Waals surface area (Å²) in [5.41, 5.74) is 5.97. The Morgan fingerprint density at radius 2 is 1.41 bits per heavy atom. The van der Waals surface area contributed by atoms with Gasteiger partial charge in [-0.3, -0.25) is 19.2 Å². The van der Waals surface area contributed by atoms with Crippen molar-refractivity contribution in [2.45, 2.75) is 77.9 Å². The summed E-state index contributed by atoms with van der Waals surface area (Å²) < 4.78 is 28.2. The normalized spacial score (nSPS) is 21.8. The van der Waals surface area contributed by atoms with Crippen molar-refractivity contribution in [3.05, 3.63) is 76.9 Å². The van der Waals surface area contributed by atoms with Crippen LogP contribution in [0.3, 0.4) is 0 Å². The van der Waals surface area contributed by atoms with Crippen LogP contribution in [0.15, 0.2) is 49.0 Å². The van der Waals surface area contributed by atoms with Gasteiger partial charge in [0.15, 0.2) is 18.3 Å². The minimum absolute atomic E-state index is 0.275. The molecule has 10 heteroatoms. The molecule has 2 aromatic rings. The van der Waals surface area contributed by atoms with Gasteiger partial charge in [0.1, 0.15) is 26.7 Å². The molecule has 1 heterocycles. The minimum atomic E-state index is -1.22. The van der Waals surface area contributed by atoms with Crippen molar-refractivity contribution in [3.8, 4) is 0 Å². The maximum Gasteiger partial charge on any atom is 0.303 e. The highest BCUT2D eigenvalue weighted by atomic mass is 16.7. The molecular formula is C31H37BO9. The van der Waals surface area contributed by atoms with Crippen LogP contribution >= 0.6 is 0 Å². The molecule has 0 aromatic heterocycles. The monoisotopic (exact) mass is 564 g/mol. The van der Waals surface area contributed by atoms with Gasteiger partial charge in [-0.05, 0) is 41.2 Å². The molecule has 41 heavy (non-hydrogen) atoms. The number of carbonyl (C=O) groups is 4. The molecule has 1 fully saturated rings. The molecule has 0 spiro atoms. The maximum absolute atomic E-state index is 12.2. The van der Waals surface area contributed by atoms with E-state index in [1.165, 1.54) is 27.7 Å². The largest absolute Gasteiger partial charge is 0.463 e. The van der Waals surface area contributed by atoms with Crippen LogP contribution in [0, 0.1) is 6.92 Å². The summed E-state index contributed by atoms with van der Waals surface area (Å²) in [6.45, 7) is 10.7. The predicted molar refractivity (Wildman–Crippen MR) is 154 cm³/mol. The van der Waals surface area contributed by atoms with Crippen molar-refractivity contribution >= 4 is 37.3 Å². The molecule has 9 nitrogen and oxygen atoms in total. The highest BCUT2D eigenvalue weighted by Gasteiger charge is 2.52. The van der Waals surface area contributed by atoms with Gasteiger partial charge in [-0.2, -0.15) is 0 Å². The predicted octanol–water partition coefficient (Wildman–Crippen LogP) is 3.45. The van der Waals surface area contributed by atoms with E-state index in [2.05, 4.69) is 38.7 Å². The summed E-state index contributed by atoms with van der Waals surface area (Å²) in [7, 11) is 2.07. The van der Waals surface area contributed by atoms with Crippen LogP contribution in [-0.4, -0.2) is 62.7 Å². The smallest absolute Gasteiger partial charge is 0.303 e. The summed E-state index contributed by atoms with van der Waals surface area (Å²) in [6.07, 6.45) is -4.00. The average Bonchev–Trinajstić information content (AvgIpc) is 2.90. The van der Waals surface area contributed by atoms with Gasteiger partial charge in [0.05, 0.1) is 0 Å². The van der Waals surface area contributed by atoms with Gasteiger partial charge in [-0.15, -0.1) is 0 Å². The van der Waals surface area contributed by atoms with Crippen molar-refractivity contribution in [3.63, 3.8) is 0 Å². The lowest BCUT2D eigenvalue weighted by Gasteiger charge is -2.44. The fourth-order valence-electron chi connectivity index (χ4n) is 4.84. The Hall–Kier alpha value is -3.92. The van der Waals surface area contributed by atoms with Crippen LogP contribution in [0.4, 0.5) is 0 Å². The molecule has 1 aliphatic rings. The number of esters is 4. The second-order valence-corrected chi connectivity index (χ2v) is 10.1. The van der Waals surface area contributed by atoms with E-state index in [9.17, 15) is 19.2 Å². The number of aryl methyl sites for hydroxylation is 1. The van der Waals surface area contributed by atoms with E-state index in [-0.39, 0.29) is 6.61 Å². The fourth-order valence-corrected chi connectivity index (χ4v) is 4.84. The lowest BCUT2D eigenvalue weighted by Crippen LogP contribution is -2.59. The molecular weight excluding hydrogens is 527 g/mol. The van der Waals surface area contributed by atoms with Gasteiger partial charge in [-0.25, -0.2) is 0 Å². The first kappa shape index (κ1) is 31.6. The van der Waals surface area contributed by atoms with Crippen LogP contribution in [0.25, 0.3) is 5.57 Å². The number of carbonyl (C=O) groups excluding carboxylic acids is 4. The number of hydrogen-bond donors (Lipinski definition) is 0. The van der Waals surface area contributed by atoms with Crippen LogP contribution in [-0.2, 0) is 49.3 Å². The Morgan fingerprint density at radius 3 is 1.98 bits per heavy atom. The third-order valence-corrected chi connectivity index (χ3v) is 6.88. The molecule has 5 atom stereocenters. The van der Waals surface area contributed by atoms with E-state index in [1.54, 1.807) is 0 Å². The number of rotatable bonds is 10. The molecule has 1 saturated heterocycles. The third-order valence-electron chi connectivity index (χ3n) is 6.88. The summed E-state index contributed by atoms with van der Waals surface area (Å²) >= 11 is 0. The molecule has 218 valence electrons. The molecule has 3 rings (SSSR count). The summed E-state index contributed by atoms with van der Waals surface area (Å²) in [4.78, 5) is 48.0. The molecule has 0 aliphatic carbocycles. The standard InChI is InChI=1S/C31H37BO9/c1-17-7-10-25(14-26(17)13-23-8-11-24(12-9-23)18(2)15-32)28-30(39-21(5)35)31(40-22(6)36)29(38-20(4)34)27(41-28)16-37-19(3)33/h7-12,14,27-31H,2,13,15-16,32H2,1,3-6H3/t27-,28+,29-,30+,31+/m1/s1. The highest BCUT2D eigenvalue weighted by molar-refractivity contribution is 6.14. The number of ether oxygens (including phenoxy) is 5. The summed E-state index contributed by atoms with van der Waals surface area (Å²) in [5, 5.41) is 0. The average molecular weight is 564 g/mol. The van der Waals surface area contributed by atoms with Crippen molar-refractivity contribution in [1.29, 1.82) is 0 Å². The quantitative estimate of drug-likeness (QED) is 0.243. The topological polar surface area (TPSA) is 114 Å². The Morgan fingerprint density at radius 1 is 0.829 bits per heavy atom. The zero-order valence-electron chi connectivity index (χ0n) is 24.4. The van der Waals surface area contributed by atoms with Crippen molar-refractivity contribution < 1.29 is 42.9 Å². The van der Waals surface area contributed by atoms with Gasteiger partial charge in [0.25, 0.3) is 0 Å². The number of hydrogen-bond acceptors (Lipinski definition) is 9. The summed E-state index contributed by atoms with van der Waals surface area (Å²) in [6, 6.07) is 14.0. The van der Waals surface area contributed by atoms with Gasteiger partial charge in [0, 0.05) is 27.7 Å². The Labute approximate surface area is 241 Å². The number of benzene rings is 2. The molecule has 2 aromatic carbocycles. The van der Waals surface area contributed by atoms with Crippen LogP contribution < -0.4 is 0 Å². The fraction of sp³-hybridized carbons (Fsp3) is 0.419. The zero-order chi connectivity index (χ0) is 30.3. The molecule has 0 saturated carbocycles. The Kier molecular flexibility index (Phi) is 10.9. The van der Waals surface area contributed by atoms with Gasteiger partial charge < -0.3 is 23.7 Å². The first-order valence-corrected chi connectivity index (χ1v) is 13.6. The lowest BCUT2D eigenvalue weighted by molar-refractivity contribution is -0.254. The van der Waals surface area contributed by atoms with E-state index in [1.807, 2.05) is 25.1 Å². The minimum Gasteiger partial charge on any atom is -0.463 e.